The van der Waals surface area contributed by atoms with E-state index in [4.69, 9.17) is 9.56 Å². The third-order valence-electron chi connectivity index (χ3n) is 4.95. The number of hydrogen-bond donors (Lipinski definition) is 2. The summed E-state index contributed by atoms with van der Waals surface area (Å²) in [6.07, 6.45) is -5.03. The predicted molar refractivity (Wildman–Crippen MR) is 119 cm³/mol. The summed E-state index contributed by atoms with van der Waals surface area (Å²) in [5.41, 5.74) is -1.96. The number of hydrogen-bond acceptors (Lipinski definition) is 6. The Labute approximate surface area is 197 Å². The van der Waals surface area contributed by atoms with Gasteiger partial charge in [-0.05, 0) is 36.4 Å². The Morgan fingerprint density at radius 1 is 0.857 bits per heavy atom. The fourth-order valence-electron chi connectivity index (χ4n) is 3.39. The average molecular weight is 524 g/mol. The number of fused-ring (bicyclic) bond motifs is 1. The van der Waals surface area contributed by atoms with Gasteiger partial charge in [-0.25, -0.2) is 26.7 Å². The van der Waals surface area contributed by atoms with Gasteiger partial charge in [-0.2, -0.15) is 13.2 Å². The lowest BCUT2D eigenvalue weighted by Gasteiger charge is -2.15. The minimum absolute atomic E-state index is 0.00695. The standard InChI is InChI=1S/C22H15F3N2O6S2/c23-22(24,25)16-11-14(18-12-13-5-1-2-6-17(13)33-18)9-10-15(16)21(28)27-35(31,32)20-8-4-3-7-19(20)34(26,29)30/h1-12H,(H,27,28)(H2,26,29,30). The molecule has 0 radical (unpaired) electrons. The Bertz CT molecular complexity index is 1640. The maximum Gasteiger partial charge on any atom is 0.417 e. The van der Waals surface area contributed by atoms with Crippen LogP contribution in [0.2, 0.25) is 0 Å². The van der Waals surface area contributed by atoms with Crippen LogP contribution in [0, 0.1) is 0 Å². The third-order valence-corrected chi connectivity index (χ3v) is 7.44. The van der Waals surface area contributed by atoms with Crippen molar-refractivity contribution in [3.8, 4) is 11.3 Å². The van der Waals surface area contributed by atoms with Crippen LogP contribution < -0.4 is 9.86 Å². The lowest BCUT2D eigenvalue weighted by Crippen LogP contribution is -2.33. The molecule has 4 rings (SSSR count). The molecule has 1 aromatic heterocycles. The normalized spacial score (nSPS) is 12.6. The van der Waals surface area contributed by atoms with Gasteiger partial charge in [0.25, 0.3) is 15.9 Å². The Hall–Kier alpha value is -3.68. The molecule has 0 spiro atoms. The van der Waals surface area contributed by atoms with E-state index in [0.29, 0.717) is 17.0 Å². The number of primary sulfonamides is 1. The second-order valence-corrected chi connectivity index (χ2v) is 10.5. The van der Waals surface area contributed by atoms with E-state index < -0.39 is 53.0 Å². The molecule has 182 valence electrons. The molecule has 0 saturated carbocycles. The van der Waals surface area contributed by atoms with Gasteiger partial charge in [-0.3, -0.25) is 4.79 Å². The van der Waals surface area contributed by atoms with E-state index in [0.717, 1.165) is 24.3 Å². The second kappa shape index (κ2) is 8.52. The Kier molecular flexibility index (Phi) is 5.95. The van der Waals surface area contributed by atoms with Gasteiger partial charge in [0.1, 0.15) is 21.1 Å². The van der Waals surface area contributed by atoms with Crippen molar-refractivity contribution in [2.75, 3.05) is 0 Å². The van der Waals surface area contributed by atoms with E-state index in [9.17, 15) is 34.8 Å². The van der Waals surface area contributed by atoms with Crippen LogP contribution in [-0.4, -0.2) is 22.7 Å². The number of benzene rings is 3. The molecule has 0 fully saturated rings. The van der Waals surface area contributed by atoms with Crippen molar-refractivity contribution in [2.24, 2.45) is 5.14 Å². The van der Waals surface area contributed by atoms with Crippen LogP contribution in [0.1, 0.15) is 15.9 Å². The van der Waals surface area contributed by atoms with Gasteiger partial charge >= 0.3 is 6.18 Å². The smallest absolute Gasteiger partial charge is 0.417 e. The molecule has 0 saturated heterocycles. The number of carbonyl (C=O) groups is 1. The van der Waals surface area contributed by atoms with Gasteiger partial charge in [0.2, 0.25) is 10.0 Å². The van der Waals surface area contributed by atoms with Crippen molar-refractivity contribution >= 4 is 36.9 Å². The molecule has 13 heteroatoms. The molecular weight excluding hydrogens is 509 g/mol. The van der Waals surface area contributed by atoms with Crippen LogP contribution in [0.15, 0.2) is 87.0 Å². The zero-order chi connectivity index (χ0) is 25.6. The van der Waals surface area contributed by atoms with Gasteiger partial charge < -0.3 is 4.42 Å². The molecule has 1 amide bonds. The third kappa shape index (κ3) is 4.92. The molecule has 8 nitrogen and oxygen atoms in total. The van der Waals surface area contributed by atoms with E-state index in [1.807, 2.05) is 0 Å². The monoisotopic (exact) mass is 524 g/mol. The summed E-state index contributed by atoms with van der Waals surface area (Å²) in [5.74, 6) is -1.50. The summed E-state index contributed by atoms with van der Waals surface area (Å²) in [7, 11) is -9.42. The number of carbonyl (C=O) groups excluding carboxylic acids is 1. The van der Waals surface area contributed by atoms with Crippen LogP contribution in [0.5, 0.6) is 0 Å². The maximum atomic E-state index is 13.8. The van der Waals surface area contributed by atoms with Gasteiger partial charge in [-0.15, -0.1) is 0 Å². The molecule has 0 aliphatic rings. The number of alkyl halides is 3. The first-order chi connectivity index (χ1) is 16.3. The summed E-state index contributed by atoms with van der Waals surface area (Å²) in [4.78, 5) is 10.9. The number of nitrogens with one attached hydrogen (secondary N) is 1. The summed E-state index contributed by atoms with van der Waals surface area (Å²) in [6, 6.07) is 15.0. The van der Waals surface area contributed by atoms with Crippen molar-refractivity contribution in [3.05, 3.63) is 83.9 Å². The van der Waals surface area contributed by atoms with Crippen molar-refractivity contribution in [2.45, 2.75) is 16.0 Å². The topological polar surface area (TPSA) is 137 Å². The van der Waals surface area contributed by atoms with Crippen molar-refractivity contribution in [1.82, 2.24) is 4.72 Å². The number of nitrogens with two attached hydrogens (primary N) is 1. The Balaban J connectivity index is 1.75. The quantitative estimate of drug-likeness (QED) is 0.407. The first-order valence-electron chi connectivity index (χ1n) is 9.66. The first kappa shape index (κ1) is 24.4. The molecule has 0 atom stereocenters. The maximum absolute atomic E-state index is 13.8. The Morgan fingerprint density at radius 2 is 1.49 bits per heavy atom. The molecule has 0 aliphatic heterocycles. The molecule has 3 aromatic carbocycles. The van der Waals surface area contributed by atoms with Crippen LogP contribution in [0.4, 0.5) is 13.2 Å². The number of furan rings is 1. The van der Waals surface area contributed by atoms with E-state index in [-0.39, 0.29) is 11.3 Å². The number of sulfonamides is 2. The van der Waals surface area contributed by atoms with Gasteiger partial charge in [0.15, 0.2) is 0 Å². The Morgan fingerprint density at radius 3 is 2.11 bits per heavy atom. The lowest BCUT2D eigenvalue weighted by molar-refractivity contribution is -0.137. The van der Waals surface area contributed by atoms with Crippen molar-refractivity contribution in [1.29, 1.82) is 0 Å². The largest absolute Gasteiger partial charge is 0.456 e. The molecule has 35 heavy (non-hydrogen) atoms. The lowest BCUT2D eigenvalue weighted by atomic mass is 10.0. The first-order valence-corrected chi connectivity index (χ1v) is 12.7. The van der Waals surface area contributed by atoms with E-state index >= 15 is 0 Å². The highest BCUT2D eigenvalue weighted by atomic mass is 32.2. The molecule has 4 aromatic rings. The van der Waals surface area contributed by atoms with Crippen molar-refractivity contribution < 1.29 is 39.2 Å². The SMILES string of the molecule is NS(=O)(=O)c1ccccc1S(=O)(=O)NC(=O)c1ccc(-c2cc3ccccc3o2)cc1C(F)(F)F. The minimum Gasteiger partial charge on any atom is -0.456 e. The van der Waals surface area contributed by atoms with Crippen LogP contribution >= 0.6 is 0 Å². The van der Waals surface area contributed by atoms with E-state index in [2.05, 4.69) is 0 Å². The zero-order valence-corrected chi connectivity index (χ0v) is 19.0. The zero-order valence-electron chi connectivity index (χ0n) is 17.4. The van der Waals surface area contributed by atoms with E-state index in [1.165, 1.54) is 22.9 Å². The molecule has 0 bridgehead atoms. The average Bonchev–Trinajstić information content (AvgIpc) is 3.21. The predicted octanol–water partition coefficient (Wildman–Crippen LogP) is 3.88. The molecular formula is C22H15F3N2O6S2. The number of amides is 1. The van der Waals surface area contributed by atoms with Gasteiger partial charge in [0, 0.05) is 10.9 Å². The fourth-order valence-corrected chi connectivity index (χ4v) is 5.74. The highest BCUT2D eigenvalue weighted by molar-refractivity contribution is 7.92. The van der Waals surface area contributed by atoms with Crippen LogP contribution in [-0.2, 0) is 26.2 Å². The fraction of sp³-hybridized carbons (Fsp3) is 0.0455. The summed E-state index contributed by atoms with van der Waals surface area (Å²) in [6.45, 7) is 0. The minimum atomic E-state index is -5.03. The summed E-state index contributed by atoms with van der Waals surface area (Å²) in [5, 5.41) is 5.67. The molecule has 3 N–H and O–H groups in total. The van der Waals surface area contributed by atoms with Gasteiger partial charge in [0.05, 0.1) is 11.1 Å². The summed E-state index contributed by atoms with van der Waals surface area (Å²) < 4.78 is 97.4. The van der Waals surface area contributed by atoms with Crippen LogP contribution in [0.3, 0.4) is 0 Å². The number of rotatable bonds is 5. The second-order valence-electron chi connectivity index (χ2n) is 7.33. The highest BCUT2D eigenvalue weighted by Gasteiger charge is 2.37. The van der Waals surface area contributed by atoms with Gasteiger partial charge in [-0.1, -0.05) is 36.4 Å². The highest BCUT2D eigenvalue weighted by Crippen LogP contribution is 2.36. The molecule has 1 heterocycles. The number of para-hydroxylation sites is 1. The van der Waals surface area contributed by atoms with Crippen molar-refractivity contribution in [3.63, 3.8) is 0 Å². The van der Waals surface area contributed by atoms with E-state index in [1.54, 1.807) is 24.3 Å². The molecule has 0 unspecified atom stereocenters. The molecule has 0 aliphatic carbocycles. The summed E-state index contributed by atoms with van der Waals surface area (Å²) >= 11 is 0. The van der Waals surface area contributed by atoms with Crippen LogP contribution in [0.25, 0.3) is 22.3 Å². The number of halogens is 3.